The second kappa shape index (κ2) is 44.4. The third-order valence-electron chi connectivity index (χ3n) is 7.17. The number of hydrogen-bond acceptors (Lipinski definition) is 11. The van der Waals surface area contributed by atoms with Crippen LogP contribution in [0.15, 0.2) is 0 Å². The quantitative estimate of drug-likeness (QED) is 0.0398. The van der Waals surface area contributed by atoms with Gasteiger partial charge in [-0.25, -0.2) is 0 Å². The van der Waals surface area contributed by atoms with Gasteiger partial charge in [0.05, 0.1) is 119 Å². The van der Waals surface area contributed by atoms with Crippen molar-refractivity contribution in [3.8, 4) is 0 Å². The minimum absolute atomic E-state index is 0.130. The average Bonchev–Trinajstić information content (AvgIpc) is 3.09. The summed E-state index contributed by atoms with van der Waals surface area (Å²) in [4.78, 5) is 11.9. The summed E-state index contributed by atoms with van der Waals surface area (Å²) in [6, 6.07) is 0. The molecular formula is C36H71ClO11. The van der Waals surface area contributed by atoms with Crippen LogP contribution in [0.3, 0.4) is 0 Å². The normalized spacial score (nSPS) is 11.5. The molecule has 0 aromatic carbocycles. The third kappa shape index (κ3) is 43.4. The van der Waals surface area contributed by atoms with E-state index >= 15 is 0 Å². The molecule has 11 nitrogen and oxygen atoms in total. The third-order valence-corrected chi connectivity index (χ3v) is 7.33. The van der Waals surface area contributed by atoms with Gasteiger partial charge in [-0.3, -0.25) is 4.79 Å². The van der Waals surface area contributed by atoms with Crippen LogP contribution < -0.4 is 0 Å². The largest absolute Gasteiger partial charge is 0.463 e. The zero-order chi connectivity index (χ0) is 34.7. The Morgan fingerprint density at radius 3 is 0.896 bits per heavy atom. The summed E-state index contributed by atoms with van der Waals surface area (Å²) in [7, 11) is 0. The first-order valence-electron chi connectivity index (χ1n) is 18.7. The first kappa shape index (κ1) is 47.4. The van der Waals surface area contributed by atoms with Crippen molar-refractivity contribution in [3.63, 3.8) is 0 Å². The van der Waals surface area contributed by atoms with Gasteiger partial charge in [0.15, 0.2) is 0 Å². The second-order valence-corrected chi connectivity index (χ2v) is 11.8. The lowest BCUT2D eigenvalue weighted by atomic mass is 10.0. The Bertz CT molecular complexity index is 604. The highest BCUT2D eigenvalue weighted by Crippen LogP contribution is 2.13. The fourth-order valence-electron chi connectivity index (χ4n) is 4.49. The smallest absolute Gasteiger partial charge is 0.305 e. The molecule has 0 atom stereocenters. The molecular weight excluding hydrogens is 644 g/mol. The first-order valence-corrected chi connectivity index (χ1v) is 19.3. The summed E-state index contributed by atoms with van der Waals surface area (Å²) >= 11 is 5.51. The predicted molar refractivity (Wildman–Crippen MR) is 189 cm³/mol. The molecule has 0 aliphatic heterocycles. The molecule has 0 rings (SSSR count). The molecule has 0 aliphatic carbocycles. The van der Waals surface area contributed by atoms with E-state index in [-0.39, 0.29) is 5.97 Å². The van der Waals surface area contributed by atoms with Crippen molar-refractivity contribution in [2.45, 2.75) is 96.8 Å². The molecule has 0 radical (unpaired) electrons. The van der Waals surface area contributed by atoms with E-state index in [9.17, 15) is 4.79 Å². The molecule has 12 heteroatoms. The van der Waals surface area contributed by atoms with Gasteiger partial charge in [0, 0.05) is 12.3 Å². The molecule has 0 spiro atoms. The lowest BCUT2D eigenvalue weighted by Gasteiger charge is -2.09. The number of alkyl halides is 1. The number of ether oxygens (including phenoxy) is 10. The number of esters is 1. The average molecular weight is 715 g/mol. The van der Waals surface area contributed by atoms with Gasteiger partial charge in [-0.15, -0.1) is 11.6 Å². The van der Waals surface area contributed by atoms with Crippen molar-refractivity contribution >= 4 is 17.6 Å². The van der Waals surface area contributed by atoms with Crippen LogP contribution in [0.4, 0.5) is 0 Å². The molecule has 0 aromatic rings. The van der Waals surface area contributed by atoms with Crippen molar-refractivity contribution in [1.29, 1.82) is 0 Å². The van der Waals surface area contributed by atoms with Gasteiger partial charge in [0.25, 0.3) is 0 Å². The van der Waals surface area contributed by atoms with E-state index in [1.165, 1.54) is 70.6 Å². The van der Waals surface area contributed by atoms with Gasteiger partial charge in [-0.1, -0.05) is 84.0 Å². The summed E-state index contributed by atoms with van der Waals surface area (Å²) in [5.41, 5.74) is 0. The molecule has 0 aliphatic rings. The van der Waals surface area contributed by atoms with Gasteiger partial charge in [-0.2, -0.15) is 0 Å². The van der Waals surface area contributed by atoms with Crippen LogP contribution >= 0.6 is 11.6 Å². The van der Waals surface area contributed by atoms with Crippen molar-refractivity contribution < 1.29 is 52.2 Å². The summed E-state index contributed by atoms with van der Waals surface area (Å²) < 4.78 is 54.1. The SMILES string of the molecule is CCCCCCCCCCCCCCCC(=O)OCCOCCOCCOCCOCCOCCOCCOCCOCCOCCCl. The maximum absolute atomic E-state index is 11.9. The first-order chi connectivity index (χ1) is 23.8. The fourth-order valence-corrected chi connectivity index (χ4v) is 4.60. The number of unbranched alkanes of at least 4 members (excludes halogenated alkanes) is 12. The van der Waals surface area contributed by atoms with Crippen molar-refractivity contribution in [2.75, 3.05) is 131 Å². The number of halogens is 1. The Kier molecular flexibility index (Phi) is 43.9. The summed E-state index contributed by atoms with van der Waals surface area (Å²) in [6.45, 7) is 11.6. The number of rotatable bonds is 43. The molecule has 0 amide bonds. The van der Waals surface area contributed by atoms with E-state index in [1.54, 1.807) is 0 Å². The molecule has 0 unspecified atom stereocenters. The topological polar surface area (TPSA) is 109 Å². The molecule has 48 heavy (non-hydrogen) atoms. The Hall–Kier alpha value is -0.600. The number of carbonyl (C=O) groups is 1. The fraction of sp³-hybridized carbons (Fsp3) is 0.972. The standard InChI is InChI=1S/C36H71ClO11/c1-2-3-4-5-6-7-8-9-10-11-12-13-14-15-36(38)48-35-34-47-33-32-46-31-30-45-29-28-44-27-26-43-25-24-42-23-22-41-21-20-40-19-18-39-17-16-37/h2-35H2,1H3. The van der Waals surface area contributed by atoms with Gasteiger partial charge in [0.2, 0.25) is 0 Å². The summed E-state index contributed by atoms with van der Waals surface area (Å²) in [6.07, 6.45) is 17.3. The number of carbonyl (C=O) groups excluding carboxylic acids is 1. The van der Waals surface area contributed by atoms with Gasteiger partial charge < -0.3 is 47.4 Å². The highest BCUT2D eigenvalue weighted by Gasteiger charge is 2.03. The molecule has 0 N–H and O–H groups in total. The predicted octanol–water partition coefficient (Wildman–Crippen LogP) is 6.40. The van der Waals surface area contributed by atoms with Gasteiger partial charge in [0.1, 0.15) is 6.61 Å². The highest BCUT2D eigenvalue weighted by molar-refractivity contribution is 6.17. The van der Waals surface area contributed by atoms with E-state index in [1.807, 2.05) is 0 Å². The lowest BCUT2D eigenvalue weighted by molar-refractivity contribution is -0.145. The van der Waals surface area contributed by atoms with Crippen LogP contribution in [0.5, 0.6) is 0 Å². The van der Waals surface area contributed by atoms with Crippen LogP contribution in [0.2, 0.25) is 0 Å². The van der Waals surface area contributed by atoms with Crippen molar-refractivity contribution in [2.24, 2.45) is 0 Å². The van der Waals surface area contributed by atoms with E-state index in [4.69, 9.17) is 59.0 Å². The lowest BCUT2D eigenvalue weighted by Crippen LogP contribution is -2.15. The summed E-state index contributed by atoms with van der Waals surface area (Å²) in [5, 5.41) is 0. The van der Waals surface area contributed by atoms with E-state index in [0.717, 1.165) is 12.8 Å². The maximum Gasteiger partial charge on any atom is 0.305 e. The van der Waals surface area contributed by atoms with Crippen molar-refractivity contribution in [3.05, 3.63) is 0 Å². The van der Waals surface area contributed by atoms with Crippen LogP contribution in [0.1, 0.15) is 96.8 Å². The molecule has 0 saturated heterocycles. The van der Waals surface area contributed by atoms with Gasteiger partial charge >= 0.3 is 5.97 Å². The maximum atomic E-state index is 11.9. The Balaban J connectivity index is 3.12. The monoisotopic (exact) mass is 714 g/mol. The van der Waals surface area contributed by atoms with E-state index in [0.29, 0.717) is 138 Å². The van der Waals surface area contributed by atoms with Gasteiger partial charge in [-0.05, 0) is 6.42 Å². The van der Waals surface area contributed by atoms with Crippen LogP contribution in [-0.2, 0) is 52.2 Å². The van der Waals surface area contributed by atoms with E-state index in [2.05, 4.69) is 6.92 Å². The Morgan fingerprint density at radius 1 is 0.354 bits per heavy atom. The second-order valence-electron chi connectivity index (χ2n) is 11.4. The van der Waals surface area contributed by atoms with Crippen LogP contribution in [0.25, 0.3) is 0 Å². The number of hydrogen-bond donors (Lipinski definition) is 0. The zero-order valence-electron chi connectivity index (χ0n) is 30.4. The molecule has 0 bridgehead atoms. The van der Waals surface area contributed by atoms with Crippen LogP contribution in [0, 0.1) is 0 Å². The highest BCUT2D eigenvalue weighted by atomic mass is 35.5. The zero-order valence-corrected chi connectivity index (χ0v) is 31.2. The molecule has 0 aromatic heterocycles. The Labute approximate surface area is 297 Å². The van der Waals surface area contributed by atoms with Crippen LogP contribution in [-0.4, -0.2) is 137 Å². The molecule has 0 saturated carbocycles. The Morgan fingerprint density at radius 2 is 0.604 bits per heavy atom. The molecule has 0 heterocycles. The molecule has 0 fully saturated rings. The van der Waals surface area contributed by atoms with E-state index < -0.39 is 0 Å². The summed E-state index contributed by atoms with van der Waals surface area (Å²) in [5.74, 6) is 0.367. The molecule has 288 valence electrons. The minimum atomic E-state index is -0.130. The minimum Gasteiger partial charge on any atom is -0.463 e. The van der Waals surface area contributed by atoms with Crippen molar-refractivity contribution in [1.82, 2.24) is 0 Å².